The van der Waals surface area contributed by atoms with Gasteiger partial charge in [-0.3, -0.25) is 9.78 Å². The smallest absolute Gasteiger partial charge is 0.243 e. The second-order valence-corrected chi connectivity index (χ2v) is 8.33. The first-order chi connectivity index (χ1) is 12.6. The third-order valence-electron chi connectivity index (χ3n) is 4.48. The van der Waals surface area contributed by atoms with E-state index in [-0.39, 0.29) is 18.0 Å². The lowest BCUT2D eigenvalue weighted by atomic mass is 10.1. The summed E-state index contributed by atoms with van der Waals surface area (Å²) in [6.07, 6.45) is 4.14. The zero-order chi connectivity index (χ0) is 18.1. The third kappa shape index (κ3) is 3.24. The van der Waals surface area contributed by atoms with E-state index in [9.17, 15) is 4.79 Å². The van der Waals surface area contributed by atoms with E-state index >= 15 is 0 Å². The number of rotatable bonds is 5. The molecule has 26 heavy (non-hydrogen) atoms. The number of carbonyl (C=O) groups excluding carboxylic acids is 1. The van der Waals surface area contributed by atoms with Crippen molar-refractivity contribution < 1.29 is 4.79 Å². The van der Waals surface area contributed by atoms with E-state index < -0.39 is 0 Å². The van der Waals surface area contributed by atoms with Gasteiger partial charge in [0.15, 0.2) is 0 Å². The molecule has 3 aromatic rings. The van der Waals surface area contributed by atoms with Gasteiger partial charge in [0.2, 0.25) is 5.91 Å². The predicted octanol–water partition coefficient (Wildman–Crippen LogP) is 3.72. The monoisotopic (exact) mass is 384 g/mol. The molecule has 0 saturated heterocycles. The molecule has 1 amide bonds. The average molecular weight is 385 g/mol. The number of pyridine rings is 1. The van der Waals surface area contributed by atoms with Gasteiger partial charge >= 0.3 is 0 Å². The van der Waals surface area contributed by atoms with Gasteiger partial charge in [0, 0.05) is 42.3 Å². The van der Waals surface area contributed by atoms with E-state index in [4.69, 9.17) is 4.98 Å². The molecule has 134 valence electrons. The van der Waals surface area contributed by atoms with E-state index in [2.05, 4.69) is 45.9 Å². The van der Waals surface area contributed by atoms with Gasteiger partial charge in [0.1, 0.15) is 16.1 Å². The van der Waals surface area contributed by atoms with Crippen molar-refractivity contribution >= 4 is 33.6 Å². The minimum absolute atomic E-state index is 0.0535. The standard InChI is InChI=1S/C19H20N4OS2/c1-12(2)23-16(17(24)21-10-13-3-6-20-7-4-13)9-15-19(23)26-18(22-15)14-5-8-25-11-14/h3-8,11-12,16H,9-10H2,1-2H3,(H,21,24). The van der Waals surface area contributed by atoms with Gasteiger partial charge in [-0.25, -0.2) is 4.98 Å². The van der Waals surface area contributed by atoms with Gasteiger partial charge in [-0.05, 0) is 43.0 Å². The number of hydrogen-bond acceptors (Lipinski definition) is 6. The second-order valence-electron chi connectivity index (χ2n) is 6.58. The van der Waals surface area contributed by atoms with Gasteiger partial charge < -0.3 is 10.2 Å². The number of thiazole rings is 1. The summed E-state index contributed by atoms with van der Waals surface area (Å²) in [5.41, 5.74) is 3.25. The number of nitrogens with one attached hydrogen (secondary N) is 1. The molecule has 4 rings (SSSR count). The Kier molecular flexibility index (Phi) is 4.74. The molecule has 3 aromatic heterocycles. The summed E-state index contributed by atoms with van der Waals surface area (Å²) in [5.74, 6) is 0.0535. The number of amides is 1. The summed E-state index contributed by atoms with van der Waals surface area (Å²) in [6, 6.07) is 5.98. The van der Waals surface area contributed by atoms with Gasteiger partial charge in [-0.1, -0.05) is 11.3 Å². The number of fused-ring (bicyclic) bond motifs is 1. The van der Waals surface area contributed by atoms with Crippen molar-refractivity contribution in [2.75, 3.05) is 4.90 Å². The number of carbonyl (C=O) groups is 1. The molecular weight excluding hydrogens is 364 g/mol. The molecule has 0 saturated carbocycles. The van der Waals surface area contributed by atoms with Crippen LogP contribution in [0.5, 0.6) is 0 Å². The highest BCUT2D eigenvalue weighted by atomic mass is 32.1. The van der Waals surface area contributed by atoms with Crippen LogP contribution in [-0.2, 0) is 17.8 Å². The summed E-state index contributed by atoms with van der Waals surface area (Å²) >= 11 is 3.36. The van der Waals surface area contributed by atoms with Crippen LogP contribution in [0.15, 0.2) is 41.4 Å². The summed E-state index contributed by atoms with van der Waals surface area (Å²) in [6.45, 7) is 4.77. The van der Waals surface area contributed by atoms with E-state index in [1.165, 1.54) is 0 Å². The summed E-state index contributed by atoms with van der Waals surface area (Å²) in [7, 11) is 0. The van der Waals surface area contributed by atoms with Crippen LogP contribution >= 0.6 is 22.7 Å². The van der Waals surface area contributed by atoms with Gasteiger partial charge in [-0.2, -0.15) is 11.3 Å². The number of aromatic nitrogens is 2. The van der Waals surface area contributed by atoms with Crippen molar-refractivity contribution in [1.82, 2.24) is 15.3 Å². The Morgan fingerprint density at radius 2 is 2.15 bits per heavy atom. The van der Waals surface area contributed by atoms with Crippen LogP contribution in [0.3, 0.4) is 0 Å². The molecule has 0 aromatic carbocycles. The van der Waals surface area contributed by atoms with Crippen LogP contribution in [0.4, 0.5) is 5.00 Å². The van der Waals surface area contributed by atoms with Crippen LogP contribution < -0.4 is 10.2 Å². The first kappa shape index (κ1) is 17.2. The highest BCUT2D eigenvalue weighted by molar-refractivity contribution is 7.19. The number of anilines is 1. The molecule has 0 spiro atoms. The third-order valence-corrected chi connectivity index (χ3v) is 6.32. The van der Waals surface area contributed by atoms with E-state index in [0.717, 1.165) is 26.8 Å². The normalized spacial score (nSPS) is 16.1. The Morgan fingerprint density at radius 3 is 2.85 bits per heavy atom. The Morgan fingerprint density at radius 1 is 1.35 bits per heavy atom. The molecule has 1 unspecified atom stereocenters. The maximum absolute atomic E-state index is 12.8. The second kappa shape index (κ2) is 7.17. The molecule has 1 atom stereocenters. The minimum atomic E-state index is -0.192. The molecule has 1 N–H and O–H groups in total. The van der Waals surface area contributed by atoms with Gasteiger partial charge in [0.25, 0.3) is 0 Å². The maximum atomic E-state index is 12.8. The minimum Gasteiger partial charge on any atom is -0.350 e. The lowest BCUT2D eigenvalue weighted by Crippen LogP contribution is -2.48. The zero-order valence-electron chi connectivity index (χ0n) is 14.7. The van der Waals surface area contributed by atoms with Crippen LogP contribution in [0.2, 0.25) is 0 Å². The van der Waals surface area contributed by atoms with Crippen LogP contribution in [0.25, 0.3) is 10.6 Å². The highest BCUT2D eigenvalue weighted by Crippen LogP contribution is 2.42. The van der Waals surface area contributed by atoms with Gasteiger partial charge in [-0.15, -0.1) is 0 Å². The molecule has 0 aliphatic carbocycles. The van der Waals surface area contributed by atoms with Crippen molar-refractivity contribution in [3.05, 3.63) is 52.6 Å². The number of nitrogens with zero attached hydrogens (tertiary/aromatic N) is 3. The fourth-order valence-electron chi connectivity index (χ4n) is 3.23. The molecule has 0 fully saturated rings. The van der Waals surface area contributed by atoms with Crippen molar-refractivity contribution in [1.29, 1.82) is 0 Å². The largest absolute Gasteiger partial charge is 0.350 e. The van der Waals surface area contributed by atoms with Crippen LogP contribution in [-0.4, -0.2) is 28.0 Å². The highest BCUT2D eigenvalue weighted by Gasteiger charge is 2.38. The molecule has 1 aliphatic rings. The maximum Gasteiger partial charge on any atom is 0.243 e. The van der Waals surface area contributed by atoms with Crippen molar-refractivity contribution in [2.24, 2.45) is 0 Å². The van der Waals surface area contributed by atoms with Crippen molar-refractivity contribution in [2.45, 2.75) is 38.9 Å². The average Bonchev–Trinajstić information content (AvgIpc) is 3.34. The molecule has 1 aliphatic heterocycles. The Hall–Kier alpha value is -2.25. The van der Waals surface area contributed by atoms with Crippen molar-refractivity contribution in [3.8, 4) is 10.6 Å². The summed E-state index contributed by atoms with van der Waals surface area (Å²) in [5, 5.41) is 9.42. The topological polar surface area (TPSA) is 58.1 Å². The van der Waals surface area contributed by atoms with Crippen molar-refractivity contribution in [3.63, 3.8) is 0 Å². The Balaban J connectivity index is 1.51. The van der Waals surface area contributed by atoms with Crippen LogP contribution in [0, 0.1) is 0 Å². The summed E-state index contributed by atoms with van der Waals surface area (Å²) < 4.78 is 0. The predicted molar refractivity (Wildman–Crippen MR) is 107 cm³/mol. The zero-order valence-corrected chi connectivity index (χ0v) is 16.3. The Labute approximate surface area is 160 Å². The lowest BCUT2D eigenvalue weighted by Gasteiger charge is -2.29. The molecule has 5 nitrogen and oxygen atoms in total. The van der Waals surface area contributed by atoms with Crippen LogP contribution in [0.1, 0.15) is 25.1 Å². The fraction of sp³-hybridized carbons (Fsp3) is 0.316. The molecule has 4 heterocycles. The fourth-order valence-corrected chi connectivity index (χ4v) is 5.22. The molecule has 0 bridgehead atoms. The van der Waals surface area contributed by atoms with E-state index in [1.807, 2.05) is 12.1 Å². The number of thiophene rings is 1. The first-order valence-electron chi connectivity index (χ1n) is 8.60. The molecular formula is C19H20N4OS2. The molecule has 7 heteroatoms. The first-order valence-corrected chi connectivity index (χ1v) is 10.4. The molecule has 0 radical (unpaired) electrons. The number of hydrogen-bond donors (Lipinski definition) is 1. The van der Waals surface area contributed by atoms with E-state index in [1.54, 1.807) is 35.1 Å². The summed E-state index contributed by atoms with van der Waals surface area (Å²) in [4.78, 5) is 23.9. The lowest BCUT2D eigenvalue weighted by molar-refractivity contribution is -0.122. The van der Waals surface area contributed by atoms with E-state index in [0.29, 0.717) is 13.0 Å². The SMILES string of the molecule is CC(C)N1c2sc(-c3ccsc3)nc2CC1C(=O)NCc1ccncc1. The Bertz CT molecular complexity index is 890. The van der Waals surface area contributed by atoms with Gasteiger partial charge in [0.05, 0.1) is 5.69 Å². The quantitative estimate of drug-likeness (QED) is 0.728.